The van der Waals surface area contributed by atoms with Crippen LogP contribution in [0.5, 0.6) is 11.5 Å². The molecule has 0 saturated heterocycles. The van der Waals surface area contributed by atoms with Crippen LogP contribution in [0.2, 0.25) is 0 Å². The van der Waals surface area contributed by atoms with Crippen LogP contribution in [0.4, 0.5) is 0 Å². The minimum atomic E-state index is -2.99. The Morgan fingerprint density at radius 1 is 0.595 bits per heavy atom. The molecule has 13 aromatic rings. The Balaban J connectivity index is 0.00000769. The van der Waals surface area contributed by atoms with E-state index in [0.29, 0.717) is 39.5 Å². The second-order valence-corrected chi connectivity index (χ2v) is 24.1. The van der Waals surface area contributed by atoms with E-state index in [0.717, 1.165) is 32.9 Å². The van der Waals surface area contributed by atoms with Gasteiger partial charge < -0.3 is 13.9 Å². The van der Waals surface area contributed by atoms with Crippen LogP contribution in [-0.2, 0) is 27.4 Å². The monoisotopic (exact) mass is 1230 g/mol. The Kier molecular flexibility index (Phi) is 10.9. The van der Waals surface area contributed by atoms with Crippen molar-refractivity contribution >= 4 is 61.7 Å². The fourth-order valence-electron chi connectivity index (χ4n) is 11.0. The third-order valence-electron chi connectivity index (χ3n) is 14.2. The number of aromatic nitrogens is 4. The molecule has 5 nitrogen and oxygen atoms in total. The fourth-order valence-corrected chi connectivity index (χ4v) is 15.8. The van der Waals surface area contributed by atoms with Gasteiger partial charge >= 0.3 is 0 Å². The first kappa shape index (κ1) is 40.5. The molecule has 0 saturated carbocycles. The maximum absolute atomic E-state index is 9.97. The summed E-state index contributed by atoms with van der Waals surface area (Å²) in [5.41, 5.74) is 4.83. The Morgan fingerprint density at radius 3 is 1.94 bits per heavy atom. The molecule has 0 aliphatic carbocycles. The molecule has 0 bridgehead atoms. The molecule has 386 valence electrons. The fraction of sp³-hybridized carbons (Fsp3) is 0.0833. The molecule has 0 unspecified atom stereocenters. The van der Waals surface area contributed by atoms with Gasteiger partial charge in [0.05, 0.1) is 23.6 Å². The predicted molar refractivity (Wildman–Crippen MR) is 322 cm³/mol. The number of para-hydroxylation sites is 4. The first-order valence-corrected chi connectivity index (χ1v) is 27.9. The molecule has 0 amide bonds. The van der Waals surface area contributed by atoms with Crippen molar-refractivity contribution < 1.29 is 44.1 Å². The summed E-state index contributed by atoms with van der Waals surface area (Å²) < 4.78 is 100. The van der Waals surface area contributed by atoms with E-state index in [2.05, 4.69) is 140 Å². The maximum atomic E-state index is 9.97. The van der Waals surface area contributed by atoms with Gasteiger partial charge in [-0.2, -0.15) is 18.2 Å². The molecule has 0 aliphatic heterocycles. The molecule has 3 heterocycles. The Hall–Kier alpha value is -8.67. The number of pyridine rings is 1. The third kappa shape index (κ3) is 9.45. The van der Waals surface area contributed by atoms with Crippen LogP contribution < -0.4 is 30.1 Å². The molecule has 0 radical (unpaired) electrons. The van der Waals surface area contributed by atoms with Gasteiger partial charge in [0.1, 0.15) is 5.82 Å². The zero-order valence-electron chi connectivity index (χ0n) is 53.4. The molecule has 7 heteroatoms. The summed E-state index contributed by atoms with van der Waals surface area (Å²) in [5, 5.41) is 6.50. The average Bonchev–Trinajstić information content (AvgIpc) is 1.77. The van der Waals surface area contributed by atoms with Gasteiger partial charge in [0.2, 0.25) is 0 Å². The van der Waals surface area contributed by atoms with E-state index in [4.69, 9.17) is 20.7 Å². The van der Waals surface area contributed by atoms with Crippen LogP contribution in [0, 0.1) is 30.7 Å². The van der Waals surface area contributed by atoms with E-state index < -0.39 is 56.9 Å². The molecule has 3 aromatic heterocycles. The van der Waals surface area contributed by atoms with Crippen LogP contribution in [0.25, 0.3) is 72.3 Å². The summed E-state index contributed by atoms with van der Waals surface area (Å²) in [4.78, 5) is 4.73. The zero-order chi connectivity index (χ0) is 61.4. The van der Waals surface area contributed by atoms with Crippen LogP contribution in [0.1, 0.15) is 45.6 Å². The van der Waals surface area contributed by atoms with Crippen molar-refractivity contribution in [2.75, 3.05) is 0 Å². The van der Waals surface area contributed by atoms with Crippen LogP contribution >= 0.6 is 0 Å². The van der Waals surface area contributed by atoms with Gasteiger partial charge in [-0.3, -0.25) is 4.57 Å². The normalized spacial score (nSPS) is 13.9. The summed E-state index contributed by atoms with van der Waals surface area (Å²) in [6.07, 6.45) is 3.12. The maximum Gasteiger partial charge on any atom is 0.268 e. The number of imidazole rings is 1. The molecule has 0 aliphatic rings. The number of benzene rings is 10. The topological polar surface area (TPSA) is 35.9 Å². The van der Waals surface area contributed by atoms with Gasteiger partial charge in [-0.1, -0.05) is 232 Å². The van der Waals surface area contributed by atoms with Crippen molar-refractivity contribution in [2.24, 2.45) is 5.41 Å². The van der Waals surface area contributed by atoms with Crippen molar-refractivity contribution in [2.45, 2.75) is 34.0 Å². The molecule has 0 N–H and O–H groups in total. The molecule has 13 rings (SSSR count). The van der Waals surface area contributed by atoms with Crippen molar-refractivity contribution in [3.63, 3.8) is 0 Å². The minimum Gasteiger partial charge on any atom is -0.510 e. The first-order valence-electron chi connectivity index (χ1n) is 30.9. The molecular formula is C72H56N4OPtSi-2. The van der Waals surface area contributed by atoms with Crippen molar-refractivity contribution in [3.05, 3.63) is 284 Å². The van der Waals surface area contributed by atoms with Crippen LogP contribution in [-0.4, -0.2) is 22.2 Å². The molecule has 0 atom stereocenters. The van der Waals surface area contributed by atoms with Crippen molar-refractivity contribution in [1.29, 1.82) is 0 Å². The van der Waals surface area contributed by atoms with Gasteiger partial charge in [-0.25, -0.2) is 4.98 Å². The number of hydrogen-bond donors (Lipinski definition) is 0. The summed E-state index contributed by atoms with van der Waals surface area (Å²) in [5.74, 6) is 0.870. The second kappa shape index (κ2) is 21.3. The summed E-state index contributed by atoms with van der Waals surface area (Å²) in [6, 6.07) is 77.4. The van der Waals surface area contributed by atoms with E-state index in [1.54, 1.807) is 16.7 Å². The average molecular weight is 1230 g/mol. The largest absolute Gasteiger partial charge is 0.510 e. The molecule has 0 fully saturated rings. The first-order chi connectivity index (χ1) is 42.3. The molecule has 10 aromatic carbocycles. The Bertz CT molecular complexity index is 4730. The van der Waals surface area contributed by atoms with E-state index >= 15 is 0 Å². The van der Waals surface area contributed by atoms with Crippen LogP contribution in [0.3, 0.4) is 0 Å². The van der Waals surface area contributed by atoms with Gasteiger partial charge in [0, 0.05) is 56.7 Å². The van der Waals surface area contributed by atoms with Crippen molar-refractivity contribution in [3.8, 4) is 50.9 Å². The summed E-state index contributed by atoms with van der Waals surface area (Å²) in [6.45, 7) is 3.00. The van der Waals surface area contributed by atoms with Gasteiger partial charge in [-0.15, -0.1) is 29.7 Å². The number of aryl methyl sites for hydroxylation is 1. The molecular weight excluding hydrogens is 1160 g/mol. The predicted octanol–water partition coefficient (Wildman–Crippen LogP) is 14.2. The second-order valence-electron chi connectivity index (χ2n) is 20.3. The summed E-state index contributed by atoms with van der Waals surface area (Å²) >= 11 is 0. The Labute approximate surface area is 492 Å². The number of hydrogen-bond acceptors (Lipinski definition) is 2. The van der Waals surface area contributed by atoms with E-state index in [-0.39, 0.29) is 43.6 Å². The number of nitrogens with zero attached hydrogens (tertiary/aromatic N) is 4. The van der Waals surface area contributed by atoms with E-state index in [1.807, 2.05) is 109 Å². The van der Waals surface area contributed by atoms with Crippen molar-refractivity contribution in [1.82, 2.24) is 14.1 Å². The Morgan fingerprint density at radius 2 is 1.23 bits per heavy atom. The smallest absolute Gasteiger partial charge is 0.268 e. The van der Waals surface area contributed by atoms with Gasteiger partial charge in [0.25, 0.3) is 6.33 Å². The number of ether oxygens (including phenoxy) is 1. The number of rotatable bonds is 12. The van der Waals surface area contributed by atoms with Gasteiger partial charge in [0.15, 0.2) is 8.07 Å². The third-order valence-corrected chi connectivity index (χ3v) is 19.0. The zero-order valence-corrected chi connectivity index (χ0v) is 46.6. The minimum absolute atomic E-state index is 0. The molecule has 0 spiro atoms. The quantitative estimate of drug-likeness (QED) is 0.0529. The van der Waals surface area contributed by atoms with Gasteiger partial charge in [-0.05, 0) is 90.4 Å². The van der Waals surface area contributed by atoms with E-state index in [9.17, 15) is 2.74 Å². The SMILES string of the molecule is [2H]c1c([2H])c([2H])c(-c2cnc(-n3c4[c-]c(Oc5[c-]c(-n6[c-][n+](-c7c(-c8cccc([Si](c9ccccc9)(c9ccccc9)c9ccccc9)c8)cccc7C([2H])([2H])C(C)(C)C)c7ccccc76)ccc5)ccc4c4ccccc43)cc2C([2H])([2H])[2H])c([2H])c1[2H].[Pt]. The standard InChI is InChI=1S/C72H56N4OSi.Pt/c1-51-44-70(73-49-65(51)52-24-9-5-10-25-52)76-66-39-18-17-37-63(66)64-43-42-57(47-69(64)76)77-56-29-23-28-55(46-56)74-50-75(68-41-20-19-40-67(68)74)71-54(48-72(2,3)4)27-22-38-62(71)53-26-21-36-61(45-53)78(58-30-11-6-12-31-58,59-32-13-7-14-33-59)60-34-15-8-16-35-60;/h5-45,49H,48H2,1-4H3;/q-2;/i1D3,5D,9D,10D,24D,25D,48D2;. The number of fused-ring (bicyclic) bond motifs is 4. The van der Waals surface area contributed by atoms with E-state index in [1.165, 1.54) is 33.0 Å². The molecule has 79 heavy (non-hydrogen) atoms. The van der Waals surface area contributed by atoms with Crippen LogP contribution in [0.15, 0.2) is 255 Å². The summed E-state index contributed by atoms with van der Waals surface area (Å²) in [7, 11) is -2.99.